The van der Waals surface area contributed by atoms with Crippen molar-refractivity contribution in [3.8, 4) is 0 Å². The van der Waals surface area contributed by atoms with Crippen molar-refractivity contribution in [2.75, 3.05) is 20.1 Å². The van der Waals surface area contributed by atoms with E-state index < -0.39 is 0 Å². The number of hydrogen-bond acceptors (Lipinski definition) is 2. The highest BCUT2D eigenvalue weighted by atomic mass is 16.2. The fourth-order valence-corrected chi connectivity index (χ4v) is 2.80. The summed E-state index contributed by atoms with van der Waals surface area (Å²) in [6.45, 7) is 6.06. The van der Waals surface area contributed by atoms with Gasteiger partial charge in [-0.05, 0) is 44.4 Å². The second-order valence-corrected chi connectivity index (χ2v) is 6.03. The first kappa shape index (κ1) is 15.0. The summed E-state index contributed by atoms with van der Waals surface area (Å²) >= 11 is 0. The lowest BCUT2D eigenvalue weighted by Gasteiger charge is -2.28. The highest BCUT2D eigenvalue weighted by Crippen LogP contribution is 2.13. The third-order valence-electron chi connectivity index (χ3n) is 4.18. The van der Waals surface area contributed by atoms with Crippen molar-refractivity contribution in [3.05, 3.63) is 34.9 Å². The average Bonchev–Trinajstić information content (AvgIpc) is 2.44. The van der Waals surface area contributed by atoms with Crippen LogP contribution < -0.4 is 5.32 Å². The molecule has 0 bridgehead atoms. The lowest BCUT2D eigenvalue weighted by atomic mass is 10.0. The monoisotopic (exact) mass is 274 g/mol. The Labute approximate surface area is 122 Å². The lowest BCUT2D eigenvalue weighted by Crippen LogP contribution is -2.44. The van der Waals surface area contributed by atoms with Gasteiger partial charge >= 0.3 is 0 Å². The van der Waals surface area contributed by atoms with Gasteiger partial charge in [-0.2, -0.15) is 0 Å². The number of hydrogen-bond donors (Lipinski definition) is 1. The fourth-order valence-electron chi connectivity index (χ4n) is 2.80. The van der Waals surface area contributed by atoms with Crippen LogP contribution in [-0.4, -0.2) is 37.0 Å². The Morgan fingerprint density at radius 3 is 2.85 bits per heavy atom. The number of likely N-dealkylation sites (N-methyl/N-ethyl adjacent to an activating group) is 1. The molecule has 1 fully saturated rings. The number of amides is 1. The standard InChI is InChI=1S/C17H26N2O/c1-13-7-8-14(2)15(10-13)11-17(20)19(3)12-16-6-4-5-9-18-16/h7-8,10,16,18H,4-6,9,11-12H2,1-3H3. The number of carbonyl (C=O) groups is 1. The molecule has 1 heterocycles. The minimum Gasteiger partial charge on any atom is -0.344 e. The van der Waals surface area contributed by atoms with E-state index in [1.807, 2.05) is 11.9 Å². The summed E-state index contributed by atoms with van der Waals surface area (Å²) < 4.78 is 0. The smallest absolute Gasteiger partial charge is 0.226 e. The van der Waals surface area contributed by atoms with Crippen molar-refractivity contribution in [3.63, 3.8) is 0 Å². The molecule has 1 atom stereocenters. The molecule has 20 heavy (non-hydrogen) atoms. The Morgan fingerprint density at radius 2 is 2.15 bits per heavy atom. The van der Waals surface area contributed by atoms with Crippen LogP contribution in [0.25, 0.3) is 0 Å². The summed E-state index contributed by atoms with van der Waals surface area (Å²) in [6, 6.07) is 6.79. The van der Waals surface area contributed by atoms with Crippen LogP contribution in [0.2, 0.25) is 0 Å². The van der Waals surface area contributed by atoms with Crippen molar-refractivity contribution in [1.82, 2.24) is 10.2 Å². The van der Waals surface area contributed by atoms with Gasteiger partial charge in [0.1, 0.15) is 0 Å². The molecule has 0 saturated carbocycles. The zero-order valence-electron chi connectivity index (χ0n) is 12.9. The van der Waals surface area contributed by atoms with Gasteiger partial charge in [-0.15, -0.1) is 0 Å². The van der Waals surface area contributed by atoms with Crippen molar-refractivity contribution < 1.29 is 4.79 Å². The SMILES string of the molecule is Cc1ccc(C)c(CC(=O)N(C)CC2CCCCN2)c1. The van der Waals surface area contributed by atoms with Gasteiger partial charge in [0.05, 0.1) is 6.42 Å². The molecule has 1 unspecified atom stereocenters. The number of rotatable bonds is 4. The molecule has 1 aliphatic rings. The molecule has 2 rings (SSSR count). The summed E-state index contributed by atoms with van der Waals surface area (Å²) in [5.74, 6) is 0.214. The maximum absolute atomic E-state index is 12.3. The van der Waals surface area contributed by atoms with E-state index in [0.717, 1.165) is 18.7 Å². The molecule has 0 spiro atoms. The van der Waals surface area contributed by atoms with Crippen molar-refractivity contribution in [2.45, 2.75) is 45.6 Å². The molecule has 0 aromatic heterocycles. The van der Waals surface area contributed by atoms with Gasteiger partial charge < -0.3 is 10.2 Å². The van der Waals surface area contributed by atoms with E-state index in [9.17, 15) is 4.79 Å². The predicted octanol–water partition coefficient (Wildman–Crippen LogP) is 2.45. The maximum atomic E-state index is 12.3. The van der Waals surface area contributed by atoms with E-state index >= 15 is 0 Å². The largest absolute Gasteiger partial charge is 0.344 e. The van der Waals surface area contributed by atoms with Crippen LogP contribution in [0.5, 0.6) is 0 Å². The first-order valence-electron chi connectivity index (χ1n) is 7.60. The van der Waals surface area contributed by atoms with Crippen molar-refractivity contribution >= 4 is 5.91 Å². The summed E-state index contributed by atoms with van der Waals surface area (Å²) in [5, 5.41) is 3.50. The van der Waals surface area contributed by atoms with Gasteiger partial charge in [-0.25, -0.2) is 0 Å². The van der Waals surface area contributed by atoms with E-state index in [-0.39, 0.29) is 5.91 Å². The Kier molecular flexibility index (Phi) is 5.18. The highest BCUT2D eigenvalue weighted by Gasteiger charge is 2.18. The second kappa shape index (κ2) is 6.89. The Morgan fingerprint density at radius 1 is 1.35 bits per heavy atom. The van der Waals surface area contributed by atoms with Gasteiger partial charge in [0.2, 0.25) is 5.91 Å². The molecular formula is C17H26N2O. The van der Waals surface area contributed by atoms with Crippen molar-refractivity contribution in [2.24, 2.45) is 0 Å². The summed E-state index contributed by atoms with van der Waals surface area (Å²) in [6.07, 6.45) is 4.23. The van der Waals surface area contributed by atoms with Crippen LogP contribution in [0.1, 0.15) is 36.0 Å². The lowest BCUT2D eigenvalue weighted by molar-refractivity contribution is -0.129. The highest BCUT2D eigenvalue weighted by molar-refractivity contribution is 5.79. The van der Waals surface area contributed by atoms with Crippen molar-refractivity contribution in [1.29, 1.82) is 0 Å². The van der Waals surface area contributed by atoms with Crippen LogP contribution in [0.3, 0.4) is 0 Å². The second-order valence-electron chi connectivity index (χ2n) is 6.03. The number of nitrogens with one attached hydrogen (secondary N) is 1. The van der Waals surface area contributed by atoms with E-state index in [0.29, 0.717) is 12.5 Å². The molecule has 3 heteroatoms. The maximum Gasteiger partial charge on any atom is 0.226 e. The third-order valence-corrected chi connectivity index (χ3v) is 4.18. The van der Waals surface area contributed by atoms with Crippen LogP contribution in [0.4, 0.5) is 0 Å². The molecule has 0 aliphatic carbocycles. The van der Waals surface area contributed by atoms with E-state index in [4.69, 9.17) is 0 Å². The van der Waals surface area contributed by atoms with Gasteiger partial charge in [0, 0.05) is 19.6 Å². The summed E-state index contributed by atoms with van der Waals surface area (Å²) in [5.41, 5.74) is 3.57. The molecule has 1 aromatic carbocycles. The number of nitrogens with zero attached hydrogens (tertiary/aromatic N) is 1. The third kappa shape index (κ3) is 4.07. The number of piperidine rings is 1. The fraction of sp³-hybridized carbons (Fsp3) is 0.588. The molecule has 1 aromatic rings. The van der Waals surface area contributed by atoms with Crippen LogP contribution >= 0.6 is 0 Å². The average molecular weight is 274 g/mol. The van der Waals surface area contributed by atoms with E-state index in [1.54, 1.807) is 0 Å². The summed E-state index contributed by atoms with van der Waals surface area (Å²) in [4.78, 5) is 14.2. The van der Waals surface area contributed by atoms with Gasteiger partial charge in [-0.1, -0.05) is 30.2 Å². The topological polar surface area (TPSA) is 32.3 Å². The van der Waals surface area contributed by atoms with E-state index in [1.165, 1.54) is 30.4 Å². The molecular weight excluding hydrogens is 248 g/mol. The Bertz CT molecular complexity index is 464. The van der Waals surface area contributed by atoms with Crippen LogP contribution in [0.15, 0.2) is 18.2 Å². The Hall–Kier alpha value is -1.35. The minimum atomic E-state index is 0.214. The first-order valence-corrected chi connectivity index (χ1v) is 7.60. The normalized spacial score (nSPS) is 18.9. The molecule has 0 radical (unpaired) electrons. The predicted molar refractivity (Wildman–Crippen MR) is 82.9 cm³/mol. The van der Waals surface area contributed by atoms with Crippen LogP contribution in [0, 0.1) is 13.8 Å². The molecule has 3 nitrogen and oxygen atoms in total. The van der Waals surface area contributed by atoms with Gasteiger partial charge in [0.25, 0.3) is 0 Å². The first-order chi connectivity index (χ1) is 9.56. The number of carbonyl (C=O) groups excluding carboxylic acids is 1. The van der Waals surface area contributed by atoms with Gasteiger partial charge in [-0.3, -0.25) is 4.79 Å². The number of benzene rings is 1. The van der Waals surface area contributed by atoms with E-state index in [2.05, 4.69) is 37.4 Å². The molecule has 1 saturated heterocycles. The zero-order chi connectivity index (χ0) is 14.5. The Balaban J connectivity index is 1.91. The zero-order valence-corrected chi connectivity index (χ0v) is 12.9. The quantitative estimate of drug-likeness (QED) is 0.914. The number of aryl methyl sites for hydroxylation is 2. The molecule has 1 N–H and O–H groups in total. The molecule has 1 amide bonds. The molecule has 1 aliphatic heterocycles. The van der Waals surface area contributed by atoms with Crippen LogP contribution in [-0.2, 0) is 11.2 Å². The molecule has 110 valence electrons. The van der Waals surface area contributed by atoms with Gasteiger partial charge in [0.15, 0.2) is 0 Å². The summed E-state index contributed by atoms with van der Waals surface area (Å²) in [7, 11) is 1.92. The minimum absolute atomic E-state index is 0.214.